The van der Waals surface area contributed by atoms with Gasteiger partial charge in [-0.3, -0.25) is 4.79 Å². The van der Waals surface area contributed by atoms with E-state index < -0.39 is 10.0 Å². The van der Waals surface area contributed by atoms with Crippen LogP contribution >= 0.6 is 11.6 Å². The number of carbonyl (C=O) groups is 1. The van der Waals surface area contributed by atoms with Gasteiger partial charge in [0.2, 0.25) is 10.0 Å². The number of nitrogens with zero attached hydrogens (tertiary/aromatic N) is 3. The second-order valence-corrected chi connectivity index (χ2v) is 8.91. The predicted molar refractivity (Wildman–Crippen MR) is 108 cm³/mol. The molecule has 2 aromatic carbocycles. The fourth-order valence-electron chi connectivity index (χ4n) is 3.04. The van der Waals surface area contributed by atoms with Gasteiger partial charge in [-0.05, 0) is 42.8 Å². The summed E-state index contributed by atoms with van der Waals surface area (Å²) in [7, 11) is -3.79. The van der Waals surface area contributed by atoms with Gasteiger partial charge in [0, 0.05) is 31.2 Å². The Morgan fingerprint density at radius 2 is 1.86 bits per heavy atom. The zero-order valence-corrected chi connectivity index (χ0v) is 17.4. The molecule has 1 saturated heterocycles. The van der Waals surface area contributed by atoms with Crippen molar-refractivity contribution < 1.29 is 17.9 Å². The standard InChI is InChI=1S/C20H20ClN3O4S/c1-15-12-17(6-7-18(15)21)28-14-20(25)23-8-10-24(11-9-23)29(26,27)19-5-3-2-4-16(19)13-22/h2-7,12H,8-11,14H2,1H3. The summed E-state index contributed by atoms with van der Waals surface area (Å²) >= 11 is 5.98. The SMILES string of the molecule is Cc1cc(OCC(=O)N2CCN(S(=O)(=O)c3ccccc3C#N)CC2)ccc1Cl. The van der Waals surface area contributed by atoms with Crippen LogP contribution in [0.1, 0.15) is 11.1 Å². The average molecular weight is 434 g/mol. The Hall–Kier alpha value is -2.60. The Kier molecular flexibility index (Phi) is 6.42. The molecule has 0 saturated carbocycles. The van der Waals surface area contributed by atoms with Crippen LogP contribution in [0.4, 0.5) is 0 Å². The summed E-state index contributed by atoms with van der Waals surface area (Å²) in [6, 6.07) is 13.2. The zero-order valence-electron chi connectivity index (χ0n) is 15.8. The maximum atomic E-state index is 12.8. The van der Waals surface area contributed by atoms with Crippen LogP contribution in [0, 0.1) is 18.3 Å². The highest BCUT2D eigenvalue weighted by molar-refractivity contribution is 7.89. The first kappa shape index (κ1) is 21.1. The van der Waals surface area contributed by atoms with E-state index in [1.807, 2.05) is 13.0 Å². The number of benzene rings is 2. The smallest absolute Gasteiger partial charge is 0.260 e. The van der Waals surface area contributed by atoms with E-state index in [9.17, 15) is 18.5 Å². The molecule has 1 aliphatic heterocycles. The first-order chi connectivity index (χ1) is 13.8. The maximum absolute atomic E-state index is 12.8. The van der Waals surface area contributed by atoms with Crippen LogP contribution < -0.4 is 4.74 Å². The van der Waals surface area contributed by atoms with Gasteiger partial charge in [-0.25, -0.2) is 8.42 Å². The molecule has 0 spiro atoms. The number of aryl methyl sites for hydroxylation is 1. The Labute approximate surface area is 175 Å². The van der Waals surface area contributed by atoms with Crippen LogP contribution in [0.3, 0.4) is 0 Å². The van der Waals surface area contributed by atoms with Crippen molar-refractivity contribution in [3.63, 3.8) is 0 Å². The minimum absolute atomic E-state index is 0.0104. The molecule has 9 heteroatoms. The number of nitriles is 1. The zero-order chi connectivity index (χ0) is 21.0. The molecule has 0 unspecified atom stereocenters. The third-order valence-corrected chi connectivity index (χ3v) is 7.09. The van der Waals surface area contributed by atoms with Crippen molar-refractivity contribution in [3.05, 3.63) is 58.6 Å². The lowest BCUT2D eigenvalue weighted by Crippen LogP contribution is -2.51. The number of hydrogen-bond acceptors (Lipinski definition) is 5. The second-order valence-electron chi connectivity index (χ2n) is 6.59. The number of piperazine rings is 1. The quantitative estimate of drug-likeness (QED) is 0.722. The Balaban J connectivity index is 1.59. The lowest BCUT2D eigenvalue weighted by molar-refractivity contribution is -0.134. The minimum atomic E-state index is -3.79. The molecule has 2 aromatic rings. The van der Waals surface area contributed by atoms with Crippen molar-refractivity contribution in [1.82, 2.24) is 9.21 Å². The second kappa shape index (κ2) is 8.82. The van der Waals surface area contributed by atoms with E-state index in [2.05, 4.69) is 0 Å². The van der Waals surface area contributed by atoms with Crippen LogP contribution in [-0.2, 0) is 14.8 Å². The van der Waals surface area contributed by atoms with Crippen molar-refractivity contribution in [2.75, 3.05) is 32.8 Å². The molecule has 1 fully saturated rings. The molecule has 1 heterocycles. The van der Waals surface area contributed by atoms with Crippen molar-refractivity contribution >= 4 is 27.5 Å². The van der Waals surface area contributed by atoms with Crippen molar-refractivity contribution in [1.29, 1.82) is 5.26 Å². The molecular weight excluding hydrogens is 414 g/mol. The van der Waals surface area contributed by atoms with Gasteiger partial charge >= 0.3 is 0 Å². The lowest BCUT2D eigenvalue weighted by atomic mass is 10.2. The average Bonchev–Trinajstić information content (AvgIpc) is 2.74. The van der Waals surface area contributed by atoms with E-state index in [4.69, 9.17) is 16.3 Å². The van der Waals surface area contributed by atoms with E-state index in [0.29, 0.717) is 10.8 Å². The molecule has 152 valence electrons. The summed E-state index contributed by atoms with van der Waals surface area (Å²) in [6.45, 7) is 2.56. The first-order valence-corrected chi connectivity index (χ1v) is 10.8. The molecule has 0 N–H and O–H groups in total. The van der Waals surface area contributed by atoms with Crippen LogP contribution in [0.25, 0.3) is 0 Å². The van der Waals surface area contributed by atoms with Crippen LogP contribution in [-0.4, -0.2) is 56.3 Å². The van der Waals surface area contributed by atoms with Crippen molar-refractivity contribution in [2.45, 2.75) is 11.8 Å². The molecule has 0 bridgehead atoms. The maximum Gasteiger partial charge on any atom is 0.260 e. The molecule has 0 aliphatic carbocycles. The van der Waals surface area contributed by atoms with Gasteiger partial charge in [0.15, 0.2) is 6.61 Å². The largest absolute Gasteiger partial charge is 0.484 e. The number of carbonyl (C=O) groups excluding carboxylic acids is 1. The van der Waals surface area contributed by atoms with E-state index in [1.165, 1.54) is 16.4 Å². The fourth-order valence-corrected chi connectivity index (χ4v) is 4.73. The molecule has 0 aromatic heterocycles. The predicted octanol–water partition coefficient (Wildman–Crippen LogP) is 2.43. The van der Waals surface area contributed by atoms with E-state index in [0.717, 1.165) is 5.56 Å². The summed E-state index contributed by atoms with van der Waals surface area (Å²) < 4.78 is 32.5. The van der Waals surface area contributed by atoms with Crippen LogP contribution in [0.5, 0.6) is 5.75 Å². The highest BCUT2D eigenvalue weighted by atomic mass is 35.5. The number of sulfonamides is 1. The van der Waals surface area contributed by atoms with Gasteiger partial charge in [0.1, 0.15) is 11.8 Å². The highest BCUT2D eigenvalue weighted by Gasteiger charge is 2.31. The van der Waals surface area contributed by atoms with Gasteiger partial charge in [0.05, 0.1) is 10.5 Å². The topological polar surface area (TPSA) is 90.7 Å². The molecule has 7 nitrogen and oxygen atoms in total. The molecule has 0 atom stereocenters. The van der Waals surface area contributed by atoms with E-state index >= 15 is 0 Å². The van der Waals surface area contributed by atoms with Gasteiger partial charge in [0.25, 0.3) is 5.91 Å². The van der Waals surface area contributed by atoms with Gasteiger partial charge in [-0.1, -0.05) is 23.7 Å². The highest BCUT2D eigenvalue weighted by Crippen LogP contribution is 2.22. The summed E-state index contributed by atoms with van der Waals surface area (Å²) in [6.07, 6.45) is 0. The molecule has 29 heavy (non-hydrogen) atoms. The molecule has 1 aliphatic rings. The number of amides is 1. The Morgan fingerprint density at radius 1 is 1.17 bits per heavy atom. The third kappa shape index (κ3) is 4.70. The molecule has 3 rings (SSSR count). The number of hydrogen-bond donors (Lipinski definition) is 0. The number of rotatable bonds is 5. The van der Waals surface area contributed by atoms with Gasteiger partial charge < -0.3 is 9.64 Å². The molecular formula is C20H20ClN3O4S. The normalized spacial score (nSPS) is 15.0. The summed E-state index contributed by atoms with van der Waals surface area (Å²) in [4.78, 5) is 14.0. The molecule has 1 amide bonds. The number of ether oxygens (including phenoxy) is 1. The van der Waals surface area contributed by atoms with E-state index in [1.54, 1.807) is 35.2 Å². The fraction of sp³-hybridized carbons (Fsp3) is 0.300. The monoisotopic (exact) mass is 433 g/mol. The Bertz CT molecular complexity index is 1060. The minimum Gasteiger partial charge on any atom is -0.484 e. The Morgan fingerprint density at radius 3 is 2.52 bits per heavy atom. The van der Waals surface area contributed by atoms with E-state index in [-0.39, 0.29) is 49.2 Å². The summed E-state index contributed by atoms with van der Waals surface area (Å²) in [5, 5.41) is 9.80. The third-order valence-electron chi connectivity index (χ3n) is 4.71. The number of halogens is 1. The summed E-state index contributed by atoms with van der Waals surface area (Å²) in [5.41, 5.74) is 0.964. The van der Waals surface area contributed by atoms with Crippen molar-refractivity contribution in [2.24, 2.45) is 0 Å². The first-order valence-electron chi connectivity index (χ1n) is 8.99. The van der Waals surface area contributed by atoms with Crippen LogP contribution in [0.15, 0.2) is 47.4 Å². The molecule has 0 radical (unpaired) electrons. The summed E-state index contributed by atoms with van der Waals surface area (Å²) in [5.74, 6) is 0.335. The van der Waals surface area contributed by atoms with Crippen LogP contribution in [0.2, 0.25) is 5.02 Å². The lowest BCUT2D eigenvalue weighted by Gasteiger charge is -2.34. The van der Waals surface area contributed by atoms with Gasteiger partial charge in [-0.15, -0.1) is 0 Å². The van der Waals surface area contributed by atoms with Crippen molar-refractivity contribution in [3.8, 4) is 11.8 Å². The van der Waals surface area contributed by atoms with Gasteiger partial charge in [-0.2, -0.15) is 9.57 Å².